The molecule has 1 saturated heterocycles. The SMILES string of the molecule is CC1(O)CCN(C(=O)c2n[nH]c(C3CC3)n2)CC1. The number of nitrogens with zero attached hydrogens (tertiary/aromatic N) is 3. The van der Waals surface area contributed by atoms with Gasteiger partial charge in [-0.15, -0.1) is 5.10 Å². The topological polar surface area (TPSA) is 82.1 Å². The van der Waals surface area contributed by atoms with Crippen molar-refractivity contribution in [2.45, 2.75) is 44.1 Å². The first-order valence-electron chi connectivity index (χ1n) is 6.49. The Balaban J connectivity index is 1.66. The van der Waals surface area contributed by atoms with Gasteiger partial charge < -0.3 is 10.0 Å². The molecule has 1 aliphatic carbocycles. The second-order valence-corrected chi connectivity index (χ2v) is 5.61. The van der Waals surface area contributed by atoms with Gasteiger partial charge >= 0.3 is 0 Å². The van der Waals surface area contributed by atoms with Gasteiger partial charge in [0.15, 0.2) is 0 Å². The molecule has 0 unspecified atom stereocenters. The maximum atomic E-state index is 12.2. The van der Waals surface area contributed by atoms with Crippen molar-refractivity contribution in [2.75, 3.05) is 13.1 Å². The highest BCUT2D eigenvalue weighted by Gasteiger charge is 2.33. The highest BCUT2D eigenvalue weighted by Crippen LogP contribution is 2.37. The fourth-order valence-corrected chi connectivity index (χ4v) is 2.24. The lowest BCUT2D eigenvalue weighted by atomic mass is 9.94. The molecular formula is C12H18N4O2. The van der Waals surface area contributed by atoms with E-state index in [0.717, 1.165) is 18.7 Å². The van der Waals surface area contributed by atoms with Crippen molar-refractivity contribution in [3.05, 3.63) is 11.6 Å². The minimum absolute atomic E-state index is 0.131. The summed E-state index contributed by atoms with van der Waals surface area (Å²) in [6, 6.07) is 0. The Hall–Kier alpha value is -1.43. The predicted molar refractivity (Wildman–Crippen MR) is 64.1 cm³/mol. The molecule has 98 valence electrons. The zero-order valence-electron chi connectivity index (χ0n) is 10.5. The van der Waals surface area contributed by atoms with Crippen LogP contribution < -0.4 is 0 Å². The molecule has 2 heterocycles. The van der Waals surface area contributed by atoms with E-state index in [1.807, 2.05) is 6.92 Å². The molecule has 6 nitrogen and oxygen atoms in total. The monoisotopic (exact) mass is 250 g/mol. The Morgan fingerprint density at radius 3 is 2.72 bits per heavy atom. The number of amides is 1. The van der Waals surface area contributed by atoms with Gasteiger partial charge in [-0.05, 0) is 32.6 Å². The van der Waals surface area contributed by atoms with Crippen molar-refractivity contribution >= 4 is 5.91 Å². The molecule has 2 fully saturated rings. The predicted octanol–water partition coefficient (Wildman–Crippen LogP) is 0.669. The van der Waals surface area contributed by atoms with Gasteiger partial charge in [-0.25, -0.2) is 4.98 Å². The maximum absolute atomic E-state index is 12.2. The number of hydrogen-bond donors (Lipinski definition) is 2. The number of piperidine rings is 1. The summed E-state index contributed by atoms with van der Waals surface area (Å²) in [7, 11) is 0. The molecule has 3 rings (SSSR count). The van der Waals surface area contributed by atoms with Gasteiger partial charge in [-0.3, -0.25) is 9.89 Å². The Morgan fingerprint density at radius 2 is 2.11 bits per heavy atom. The van der Waals surface area contributed by atoms with Crippen LogP contribution >= 0.6 is 0 Å². The molecule has 2 aliphatic rings. The molecule has 6 heteroatoms. The smallest absolute Gasteiger partial charge is 0.293 e. The van der Waals surface area contributed by atoms with E-state index in [1.54, 1.807) is 4.90 Å². The van der Waals surface area contributed by atoms with Crippen molar-refractivity contribution < 1.29 is 9.90 Å². The largest absolute Gasteiger partial charge is 0.390 e. The van der Waals surface area contributed by atoms with Crippen LogP contribution in [0.3, 0.4) is 0 Å². The first kappa shape index (κ1) is 11.6. The van der Waals surface area contributed by atoms with E-state index in [1.165, 1.54) is 0 Å². The number of likely N-dealkylation sites (tertiary alicyclic amines) is 1. The average Bonchev–Trinajstić information content (AvgIpc) is 3.06. The molecule has 0 atom stereocenters. The van der Waals surface area contributed by atoms with E-state index in [2.05, 4.69) is 15.2 Å². The molecule has 1 aliphatic heterocycles. The summed E-state index contributed by atoms with van der Waals surface area (Å²) in [5.41, 5.74) is -0.644. The molecule has 2 N–H and O–H groups in total. The fraction of sp³-hybridized carbons (Fsp3) is 0.750. The lowest BCUT2D eigenvalue weighted by molar-refractivity contribution is -0.00236. The van der Waals surface area contributed by atoms with Crippen LogP contribution in [0.25, 0.3) is 0 Å². The highest BCUT2D eigenvalue weighted by atomic mass is 16.3. The third-order valence-corrected chi connectivity index (χ3v) is 3.79. The maximum Gasteiger partial charge on any atom is 0.293 e. The first-order valence-corrected chi connectivity index (χ1v) is 6.49. The van der Waals surface area contributed by atoms with Crippen LogP contribution in [0.2, 0.25) is 0 Å². The molecule has 0 spiro atoms. The first-order chi connectivity index (χ1) is 8.55. The Labute approximate surface area is 105 Å². The second-order valence-electron chi connectivity index (χ2n) is 5.61. The van der Waals surface area contributed by atoms with E-state index < -0.39 is 5.60 Å². The Kier molecular flexibility index (Phi) is 2.62. The van der Waals surface area contributed by atoms with Gasteiger partial charge in [0.25, 0.3) is 5.91 Å². The van der Waals surface area contributed by atoms with Gasteiger partial charge in [0.05, 0.1) is 5.60 Å². The Morgan fingerprint density at radius 1 is 1.44 bits per heavy atom. The molecule has 0 radical (unpaired) electrons. The van der Waals surface area contributed by atoms with Gasteiger partial charge in [-0.1, -0.05) is 0 Å². The zero-order valence-corrected chi connectivity index (χ0v) is 10.5. The molecule has 1 aromatic heterocycles. The molecule has 0 aromatic carbocycles. The second kappa shape index (κ2) is 4.05. The molecule has 1 aromatic rings. The molecule has 0 bridgehead atoms. The number of H-pyrrole nitrogens is 1. The minimum atomic E-state index is -0.644. The van der Waals surface area contributed by atoms with E-state index >= 15 is 0 Å². The summed E-state index contributed by atoms with van der Waals surface area (Å²) < 4.78 is 0. The fourth-order valence-electron chi connectivity index (χ4n) is 2.24. The summed E-state index contributed by atoms with van der Waals surface area (Å²) in [5, 5.41) is 16.7. The van der Waals surface area contributed by atoms with Crippen molar-refractivity contribution in [1.29, 1.82) is 0 Å². The number of carbonyl (C=O) groups excluding carboxylic acids is 1. The van der Waals surface area contributed by atoms with Crippen LogP contribution in [-0.2, 0) is 0 Å². The number of rotatable bonds is 2. The summed E-state index contributed by atoms with van der Waals surface area (Å²) in [4.78, 5) is 18.1. The lowest BCUT2D eigenvalue weighted by Gasteiger charge is -2.35. The lowest BCUT2D eigenvalue weighted by Crippen LogP contribution is -2.45. The van der Waals surface area contributed by atoms with Gasteiger partial charge in [0, 0.05) is 19.0 Å². The van der Waals surface area contributed by atoms with Gasteiger partial charge in [0.2, 0.25) is 5.82 Å². The van der Waals surface area contributed by atoms with Crippen LogP contribution in [0.4, 0.5) is 0 Å². The third kappa shape index (κ3) is 2.25. The summed E-state index contributed by atoms with van der Waals surface area (Å²) in [6.45, 7) is 2.95. The number of aromatic nitrogens is 3. The number of aromatic amines is 1. The van der Waals surface area contributed by atoms with Crippen LogP contribution in [0, 0.1) is 0 Å². The van der Waals surface area contributed by atoms with Crippen molar-refractivity contribution in [3.63, 3.8) is 0 Å². The summed E-state index contributed by atoms with van der Waals surface area (Å²) >= 11 is 0. The minimum Gasteiger partial charge on any atom is -0.390 e. The highest BCUT2D eigenvalue weighted by molar-refractivity contribution is 5.90. The van der Waals surface area contributed by atoms with E-state index in [0.29, 0.717) is 31.8 Å². The standard InChI is InChI=1S/C12H18N4O2/c1-12(18)4-6-16(7-5-12)11(17)10-13-9(14-15-10)8-2-3-8/h8,18H,2-7H2,1H3,(H,13,14,15). The van der Waals surface area contributed by atoms with Crippen molar-refractivity contribution in [3.8, 4) is 0 Å². The molecule has 18 heavy (non-hydrogen) atoms. The summed E-state index contributed by atoms with van der Waals surface area (Å²) in [6.07, 6.45) is 3.49. The van der Waals surface area contributed by atoms with Crippen molar-refractivity contribution in [1.82, 2.24) is 20.1 Å². The van der Waals surface area contributed by atoms with Crippen LogP contribution in [0.1, 0.15) is 55.0 Å². The van der Waals surface area contributed by atoms with Crippen LogP contribution in [0.15, 0.2) is 0 Å². The van der Waals surface area contributed by atoms with Gasteiger partial charge in [-0.2, -0.15) is 0 Å². The van der Waals surface area contributed by atoms with E-state index in [-0.39, 0.29) is 11.7 Å². The normalized spacial score (nSPS) is 23.1. The average molecular weight is 250 g/mol. The molecule has 1 amide bonds. The number of carbonyl (C=O) groups is 1. The number of aliphatic hydroxyl groups is 1. The quantitative estimate of drug-likeness (QED) is 0.808. The van der Waals surface area contributed by atoms with Crippen LogP contribution in [-0.4, -0.2) is 49.8 Å². The molecule has 1 saturated carbocycles. The molecular weight excluding hydrogens is 232 g/mol. The van der Waals surface area contributed by atoms with Gasteiger partial charge in [0.1, 0.15) is 5.82 Å². The number of hydrogen-bond acceptors (Lipinski definition) is 4. The Bertz CT molecular complexity index is 454. The van der Waals surface area contributed by atoms with Crippen LogP contribution in [0.5, 0.6) is 0 Å². The number of nitrogens with one attached hydrogen (secondary N) is 1. The third-order valence-electron chi connectivity index (χ3n) is 3.79. The van der Waals surface area contributed by atoms with E-state index in [4.69, 9.17) is 0 Å². The summed E-state index contributed by atoms with van der Waals surface area (Å²) in [5.74, 6) is 1.44. The van der Waals surface area contributed by atoms with Crippen molar-refractivity contribution in [2.24, 2.45) is 0 Å². The van der Waals surface area contributed by atoms with E-state index in [9.17, 15) is 9.90 Å². The zero-order chi connectivity index (χ0) is 12.8.